The predicted octanol–water partition coefficient (Wildman–Crippen LogP) is 2.30. The van der Waals surface area contributed by atoms with Crippen LogP contribution < -0.4 is 0 Å². The molecular weight excluding hydrogens is 148 g/mol. The summed E-state index contributed by atoms with van der Waals surface area (Å²) in [4.78, 5) is 0. The molecule has 0 amide bonds. The first-order valence-electron chi connectivity index (χ1n) is 4.48. The molecule has 1 heteroatoms. The lowest BCUT2D eigenvalue weighted by molar-refractivity contribution is 0.828. The summed E-state index contributed by atoms with van der Waals surface area (Å²) in [6.07, 6.45) is 6.79. The largest absolute Gasteiger partial charge is 0.140 e. The van der Waals surface area contributed by atoms with Gasteiger partial charge in [-0.05, 0) is 18.9 Å². The topological polar surface area (TPSA) is 0 Å². The molecular formula is C10H18Si. The van der Waals surface area contributed by atoms with Crippen LogP contribution in [-0.4, -0.2) is 9.52 Å². The standard InChI is InChI=1S/C10H18Si/c1-3-5-7-8-10-11-9-6-4-2/h4H,2-3,5-7,9,11H2,1H3. The molecule has 0 aromatic rings. The van der Waals surface area contributed by atoms with E-state index in [1.165, 1.54) is 18.9 Å². The van der Waals surface area contributed by atoms with E-state index in [-0.39, 0.29) is 9.52 Å². The Hall–Kier alpha value is -0.483. The van der Waals surface area contributed by atoms with E-state index < -0.39 is 0 Å². The lowest BCUT2D eigenvalue weighted by atomic mass is 10.3. The second-order valence-electron chi connectivity index (χ2n) is 2.64. The lowest BCUT2D eigenvalue weighted by Gasteiger charge is -1.85. The number of unbranched alkanes of at least 4 members (excludes halogenated alkanes) is 2. The average molecular weight is 166 g/mol. The SMILES string of the molecule is C=CCC[SiH2]C#CCCCC. The maximum Gasteiger partial charge on any atom is 0.107 e. The normalized spacial score (nSPS) is 9.55. The Labute approximate surface area is 72.9 Å². The molecule has 62 valence electrons. The third kappa shape index (κ3) is 9.52. The van der Waals surface area contributed by atoms with Crippen LogP contribution in [-0.2, 0) is 0 Å². The monoisotopic (exact) mass is 166 g/mol. The molecule has 0 aliphatic carbocycles. The van der Waals surface area contributed by atoms with Crippen molar-refractivity contribution in [3.05, 3.63) is 12.7 Å². The van der Waals surface area contributed by atoms with Crippen LogP contribution in [0.4, 0.5) is 0 Å². The molecule has 11 heavy (non-hydrogen) atoms. The van der Waals surface area contributed by atoms with Crippen LogP contribution >= 0.6 is 0 Å². The van der Waals surface area contributed by atoms with E-state index in [4.69, 9.17) is 0 Å². The van der Waals surface area contributed by atoms with E-state index in [2.05, 4.69) is 25.0 Å². The molecule has 0 fully saturated rings. The lowest BCUT2D eigenvalue weighted by Crippen LogP contribution is -1.82. The number of rotatable bonds is 5. The van der Waals surface area contributed by atoms with Crippen LogP contribution in [0.1, 0.15) is 32.6 Å². The minimum Gasteiger partial charge on any atom is -0.140 e. The Bertz CT molecular complexity index is 139. The van der Waals surface area contributed by atoms with Gasteiger partial charge in [-0.25, -0.2) is 0 Å². The summed E-state index contributed by atoms with van der Waals surface area (Å²) in [5, 5.41) is 0. The molecule has 0 radical (unpaired) electrons. The second-order valence-corrected chi connectivity index (χ2v) is 4.20. The first-order chi connectivity index (χ1) is 5.41. The Balaban J connectivity index is 3.05. The Morgan fingerprint density at radius 3 is 3.00 bits per heavy atom. The van der Waals surface area contributed by atoms with Crippen LogP contribution in [0.15, 0.2) is 12.7 Å². The van der Waals surface area contributed by atoms with Crippen LogP contribution in [0.5, 0.6) is 0 Å². The van der Waals surface area contributed by atoms with Gasteiger partial charge in [0.05, 0.1) is 0 Å². The third-order valence-electron chi connectivity index (χ3n) is 1.49. The quantitative estimate of drug-likeness (QED) is 0.254. The minimum absolute atomic E-state index is 0.0600. The summed E-state index contributed by atoms with van der Waals surface area (Å²) >= 11 is 0. The molecule has 0 N–H and O–H groups in total. The van der Waals surface area contributed by atoms with E-state index in [0.29, 0.717) is 0 Å². The van der Waals surface area contributed by atoms with Gasteiger partial charge in [0.1, 0.15) is 9.52 Å². The summed E-state index contributed by atoms with van der Waals surface area (Å²) in [6.45, 7) is 5.89. The van der Waals surface area contributed by atoms with Crippen LogP contribution in [0.25, 0.3) is 0 Å². The summed E-state index contributed by atoms with van der Waals surface area (Å²) in [7, 11) is -0.0600. The van der Waals surface area contributed by atoms with Crippen molar-refractivity contribution in [3.63, 3.8) is 0 Å². The number of hydrogen-bond acceptors (Lipinski definition) is 0. The van der Waals surface area contributed by atoms with Gasteiger partial charge in [-0.2, -0.15) is 0 Å². The predicted molar refractivity (Wildman–Crippen MR) is 55.5 cm³/mol. The summed E-state index contributed by atoms with van der Waals surface area (Å²) in [6, 6.07) is 1.31. The van der Waals surface area contributed by atoms with Crippen molar-refractivity contribution < 1.29 is 0 Å². The van der Waals surface area contributed by atoms with E-state index in [1.807, 2.05) is 6.08 Å². The molecule has 0 aromatic carbocycles. The molecule has 0 aliphatic heterocycles. The van der Waals surface area contributed by atoms with Crippen molar-refractivity contribution in [1.29, 1.82) is 0 Å². The highest BCUT2D eigenvalue weighted by atomic mass is 28.2. The first kappa shape index (κ1) is 10.5. The van der Waals surface area contributed by atoms with Crippen molar-refractivity contribution in [1.82, 2.24) is 0 Å². The molecule has 0 nitrogen and oxygen atoms in total. The van der Waals surface area contributed by atoms with Crippen LogP contribution in [0.3, 0.4) is 0 Å². The van der Waals surface area contributed by atoms with Crippen molar-refractivity contribution in [3.8, 4) is 11.5 Å². The Kier molecular flexibility index (Phi) is 9.10. The van der Waals surface area contributed by atoms with E-state index >= 15 is 0 Å². The smallest absolute Gasteiger partial charge is 0.107 e. The number of hydrogen-bond donors (Lipinski definition) is 0. The highest BCUT2D eigenvalue weighted by Gasteiger charge is 1.79. The maximum absolute atomic E-state index is 3.68. The highest BCUT2D eigenvalue weighted by molar-refractivity contribution is 6.46. The molecule has 0 bridgehead atoms. The molecule has 0 aromatic heterocycles. The van der Waals surface area contributed by atoms with Gasteiger partial charge in [-0.15, -0.1) is 18.0 Å². The zero-order valence-electron chi connectivity index (χ0n) is 7.53. The Morgan fingerprint density at radius 1 is 1.55 bits per heavy atom. The van der Waals surface area contributed by atoms with Gasteiger partial charge in [-0.1, -0.05) is 19.4 Å². The van der Waals surface area contributed by atoms with Crippen molar-refractivity contribution in [2.24, 2.45) is 0 Å². The summed E-state index contributed by atoms with van der Waals surface area (Å²) in [5.41, 5.74) is 3.30. The highest BCUT2D eigenvalue weighted by Crippen LogP contribution is 1.91. The van der Waals surface area contributed by atoms with Gasteiger partial charge in [0.2, 0.25) is 0 Å². The fourth-order valence-electron chi connectivity index (χ4n) is 0.777. The average Bonchev–Trinajstić information content (AvgIpc) is 2.03. The molecule has 0 saturated heterocycles. The van der Waals surface area contributed by atoms with Gasteiger partial charge >= 0.3 is 0 Å². The van der Waals surface area contributed by atoms with E-state index in [1.54, 1.807) is 0 Å². The molecule has 0 atom stereocenters. The van der Waals surface area contributed by atoms with Crippen LogP contribution in [0, 0.1) is 11.5 Å². The Morgan fingerprint density at radius 2 is 2.36 bits per heavy atom. The van der Waals surface area contributed by atoms with Gasteiger partial charge in [0.25, 0.3) is 0 Å². The summed E-state index contributed by atoms with van der Waals surface area (Å²) in [5.74, 6) is 3.22. The van der Waals surface area contributed by atoms with Crippen molar-refractivity contribution in [2.45, 2.75) is 38.7 Å². The minimum atomic E-state index is -0.0600. The van der Waals surface area contributed by atoms with Gasteiger partial charge in [-0.3, -0.25) is 0 Å². The van der Waals surface area contributed by atoms with E-state index in [9.17, 15) is 0 Å². The van der Waals surface area contributed by atoms with Crippen molar-refractivity contribution >= 4 is 9.52 Å². The molecule has 0 rings (SSSR count). The summed E-state index contributed by atoms with van der Waals surface area (Å²) < 4.78 is 0. The fraction of sp³-hybridized carbons (Fsp3) is 0.600. The van der Waals surface area contributed by atoms with E-state index in [0.717, 1.165) is 12.8 Å². The maximum atomic E-state index is 3.68. The molecule has 0 heterocycles. The molecule has 0 spiro atoms. The molecule has 0 aliphatic rings. The molecule has 0 unspecified atom stereocenters. The van der Waals surface area contributed by atoms with Gasteiger partial charge in [0, 0.05) is 6.42 Å². The third-order valence-corrected chi connectivity index (χ3v) is 2.75. The van der Waals surface area contributed by atoms with Gasteiger partial charge in [0.15, 0.2) is 0 Å². The van der Waals surface area contributed by atoms with Crippen molar-refractivity contribution in [2.75, 3.05) is 0 Å². The zero-order valence-corrected chi connectivity index (χ0v) is 8.94. The first-order valence-corrected chi connectivity index (χ1v) is 6.19. The van der Waals surface area contributed by atoms with Gasteiger partial charge < -0.3 is 0 Å². The molecule has 0 saturated carbocycles. The van der Waals surface area contributed by atoms with Crippen LogP contribution in [0.2, 0.25) is 6.04 Å². The zero-order chi connectivity index (χ0) is 8.36. The fourth-order valence-corrected chi connectivity index (χ4v) is 1.80. The number of allylic oxidation sites excluding steroid dienone is 1. The second kappa shape index (κ2) is 9.52.